The first-order chi connectivity index (χ1) is 11.6. The number of ether oxygens (including phenoxy) is 1. The van der Waals surface area contributed by atoms with Crippen molar-refractivity contribution in [3.8, 4) is 5.75 Å². The molecular weight excluding hydrogens is 340 g/mol. The van der Waals surface area contributed by atoms with Crippen LogP contribution in [0.5, 0.6) is 5.75 Å². The maximum Gasteiger partial charge on any atom is 0.255 e. The van der Waals surface area contributed by atoms with E-state index < -0.39 is 14.8 Å². The lowest BCUT2D eigenvalue weighted by molar-refractivity contribution is 0.102. The number of nitrogens with one attached hydrogen (secondary N) is 2. The largest absolute Gasteiger partial charge is 0.497 e. The molecule has 0 spiro atoms. The molecule has 1 amide bonds. The van der Waals surface area contributed by atoms with Gasteiger partial charge in [0.15, 0.2) is 0 Å². The first kappa shape index (κ1) is 18.8. The molecule has 0 atom stereocenters. The molecule has 0 unspecified atom stereocenters. The van der Waals surface area contributed by atoms with Crippen LogP contribution in [-0.2, 0) is 10.0 Å². The second-order valence-corrected chi connectivity index (χ2v) is 8.91. The molecule has 2 aromatic rings. The first-order valence-corrected chi connectivity index (χ1v) is 9.18. The highest BCUT2D eigenvalue weighted by Gasteiger charge is 2.28. The highest BCUT2D eigenvalue weighted by molar-refractivity contribution is 7.94. The topological polar surface area (TPSA) is 84.5 Å². The van der Waals surface area contributed by atoms with Gasteiger partial charge >= 0.3 is 0 Å². The van der Waals surface area contributed by atoms with Crippen LogP contribution in [0.2, 0.25) is 0 Å². The second-order valence-electron chi connectivity index (χ2n) is 6.48. The lowest BCUT2D eigenvalue weighted by Gasteiger charge is -2.20. The molecule has 0 aliphatic rings. The predicted molar refractivity (Wildman–Crippen MR) is 99.7 cm³/mol. The van der Waals surface area contributed by atoms with Crippen LogP contribution in [0.4, 0.5) is 11.4 Å². The van der Waals surface area contributed by atoms with Gasteiger partial charge in [-0.1, -0.05) is 0 Å². The van der Waals surface area contributed by atoms with Crippen LogP contribution in [0, 0.1) is 0 Å². The Bertz CT molecular complexity index is 836. The first-order valence-electron chi connectivity index (χ1n) is 7.70. The van der Waals surface area contributed by atoms with E-state index in [2.05, 4.69) is 10.0 Å². The van der Waals surface area contributed by atoms with Gasteiger partial charge in [0.2, 0.25) is 10.0 Å². The summed E-state index contributed by atoms with van der Waals surface area (Å²) in [6, 6.07) is 13.2. The van der Waals surface area contributed by atoms with E-state index >= 15 is 0 Å². The zero-order chi connectivity index (χ0) is 18.7. The van der Waals surface area contributed by atoms with Crippen molar-refractivity contribution in [2.75, 3.05) is 17.1 Å². The van der Waals surface area contributed by atoms with E-state index in [1.54, 1.807) is 76.4 Å². The van der Waals surface area contributed by atoms with Gasteiger partial charge in [0.1, 0.15) is 5.75 Å². The molecule has 2 aromatic carbocycles. The van der Waals surface area contributed by atoms with Crippen molar-refractivity contribution < 1.29 is 17.9 Å². The Morgan fingerprint density at radius 1 is 0.920 bits per heavy atom. The Hall–Kier alpha value is -2.54. The van der Waals surface area contributed by atoms with Crippen molar-refractivity contribution in [3.63, 3.8) is 0 Å². The van der Waals surface area contributed by atoms with E-state index in [4.69, 9.17) is 4.74 Å². The van der Waals surface area contributed by atoms with Gasteiger partial charge in [0, 0.05) is 16.9 Å². The minimum absolute atomic E-state index is 0.282. The van der Waals surface area contributed by atoms with Gasteiger partial charge in [-0.15, -0.1) is 0 Å². The minimum Gasteiger partial charge on any atom is -0.497 e. The Morgan fingerprint density at radius 3 is 1.92 bits per heavy atom. The van der Waals surface area contributed by atoms with Crippen LogP contribution in [0.3, 0.4) is 0 Å². The van der Waals surface area contributed by atoms with E-state index in [-0.39, 0.29) is 5.91 Å². The molecule has 6 nitrogen and oxygen atoms in total. The molecule has 0 bridgehead atoms. The van der Waals surface area contributed by atoms with E-state index in [9.17, 15) is 13.2 Å². The quantitative estimate of drug-likeness (QED) is 0.853. The Labute approximate surface area is 148 Å². The van der Waals surface area contributed by atoms with Crippen molar-refractivity contribution >= 4 is 27.3 Å². The number of rotatable bonds is 5. The fraction of sp³-hybridized carbons (Fsp3) is 0.278. The van der Waals surface area contributed by atoms with Gasteiger partial charge in [-0.2, -0.15) is 0 Å². The highest BCUT2D eigenvalue weighted by atomic mass is 32.2. The van der Waals surface area contributed by atoms with E-state index in [1.165, 1.54) is 0 Å². The van der Waals surface area contributed by atoms with E-state index in [0.29, 0.717) is 22.7 Å². The average Bonchev–Trinajstić information content (AvgIpc) is 2.55. The minimum atomic E-state index is -3.50. The summed E-state index contributed by atoms with van der Waals surface area (Å²) in [5, 5.41) is 2.77. The smallest absolute Gasteiger partial charge is 0.255 e. The van der Waals surface area contributed by atoms with Crippen molar-refractivity contribution in [2.45, 2.75) is 25.5 Å². The lowest BCUT2D eigenvalue weighted by Crippen LogP contribution is -2.33. The molecule has 134 valence electrons. The number of sulfonamides is 1. The average molecular weight is 362 g/mol. The third-order valence-electron chi connectivity index (χ3n) is 3.55. The number of carbonyl (C=O) groups excluding carboxylic acids is 1. The summed E-state index contributed by atoms with van der Waals surface area (Å²) in [5.41, 5.74) is 1.48. The molecule has 0 aliphatic heterocycles. The van der Waals surface area contributed by atoms with Crippen molar-refractivity contribution in [2.24, 2.45) is 0 Å². The number of benzene rings is 2. The van der Waals surface area contributed by atoms with Gasteiger partial charge in [0.25, 0.3) is 5.91 Å². The van der Waals surface area contributed by atoms with Gasteiger partial charge in [-0.05, 0) is 69.3 Å². The molecule has 0 radical (unpaired) electrons. The molecule has 2 N–H and O–H groups in total. The number of hydrogen-bond acceptors (Lipinski definition) is 4. The number of methoxy groups -OCH3 is 1. The van der Waals surface area contributed by atoms with Crippen molar-refractivity contribution in [3.05, 3.63) is 54.1 Å². The molecule has 25 heavy (non-hydrogen) atoms. The van der Waals surface area contributed by atoms with Gasteiger partial charge in [-0.25, -0.2) is 8.42 Å². The standard InChI is InChI=1S/C18H22N2O4S/c1-18(2,3)25(22,23)20-15-7-5-13(6-8-15)17(21)19-14-9-11-16(24-4)12-10-14/h5-12,20H,1-4H3,(H,19,21). The maximum absolute atomic E-state index is 12.2. The highest BCUT2D eigenvalue weighted by Crippen LogP contribution is 2.20. The molecule has 0 aliphatic carbocycles. The third-order valence-corrected chi connectivity index (χ3v) is 5.67. The molecule has 0 saturated heterocycles. The zero-order valence-electron chi connectivity index (χ0n) is 14.7. The molecule has 2 rings (SSSR count). The summed E-state index contributed by atoms with van der Waals surface area (Å²) in [4.78, 5) is 12.2. The molecule has 0 aromatic heterocycles. The molecule has 0 saturated carbocycles. The lowest BCUT2D eigenvalue weighted by atomic mass is 10.2. The van der Waals surface area contributed by atoms with Crippen LogP contribution in [-0.4, -0.2) is 26.2 Å². The van der Waals surface area contributed by atoms with Gasteiger partial charge < -0.3 is 10.1 Å². The Balaban J connectivity index is 2.07. The third kappa shape index (κ3) is 4.73. The van der Waals surface area contributed by atoms with Gasteiger partial charge in [-0.3, -0.25) is 9.52 Å². The summed E-state index contributed by atoms with van der Waals surface area (Å²) in [6.45, 7) is 4.85. The number of carbonyl (C=O) groups is 1. The van der Waals surface area contributed by atoms with Crippen LogP contribution >= 0.6 is 0 Å². The number of amides is 1. The van der Waals surface area contributed by atoms with Crippen molar-refractivity contribution in [1.29, 1.82) is 0 Å². The summed E-state index contributed by atoms with van der Waals surface area (Å²) in [6.07, 6.45) is 0. The number of hydrogen-bond donors (Lipinski definition) is 2. The second kappa shape index (κ2) is 7.14. The number of anilines is 2. The fourth-order valence-electron chi connectivity index (χ4n) is 1.88. The molecule has 0 heterocycles. The van der Waals surface area contributed by atoms with Crippen LogP contribution in [0.15, 0.2) is 48.5 Å². The van der Waals surface area contributed by atoms with E-state index in [1.807, 2.05) is 0 Å². The molecular formula is C18H22N2O4S. The Kier molecular flexibility index (Phi) is 5.37. The summed E-state index contributed by atoms with van der Waals surface area (Å²) < 4.78 is 30.9. The molecule has 7 heteroatoms. The normalized spacial score (nSPS) is 11.7. The van der Waals surface area contributed by atoms with Crippen LogP contribution < -0.4 is 14.8 Å². The summed E-state index contributed by atoms with van der Waals surface area (Å²) in [7, 11) is -1.93. The zero-order valence-corrected chi connectivity index (χ0v) is 15.5. The fourth-order valence-corrected chi connectivity index (χ4v) is 2.63. The van der Waals surface area contributed by atoms with Crippen LogP contribution in [0.25, 0.3) is 0 Å². The summed E-state index contributed by atoms with van der Waals surface area (Å²) in [5.74, 6) is 0.420. The maximum atomic E-state index is 12.2. The summed E-state index contributed by atoms with van der Waals surface area (Å²) >= 11 is 0. The molecule has 0 fully saturated rings. The van der Waals surface area contributed by atoms with Crippen molar-refractivity contribution in [1.82, 2.24) is 0 Å². The predicted octanol–water partition coefficient (Wildman–Crippen LogP) is 3.49. The van der Waals surface area contributed by atoms with E-state index in [0.717, 1.165) is 0 Å². The monoisotopic (exact) mass is 362 g/mol. The Morgan fingerprint density at radius 2 is 1.44 bits per heavy atom. The van der Waals surface area contributed by atoms with Gasteiger partial charge in [0.05, 0.1) is 11.9 Å². The van der Waals surface area contributed by atoms with Crippen LogP contribution in [0.1, 0.15) is 31.1 Å². The SMILES string of the molecule is COc1ccc(NC(=O)c2ccc(NS(=O)(=O)C(C)(C)C)cc2)cc1.